The van der Waals surface area contributed by atoms with Crippen molar-refractivity contribution in [3.05, 3.63) is 40.7 Å². The van der Waals surface area contributed by atoms with Gasteiger partial charge in [0.15, 0.2) is 0 Å². The van der Waals surface area contributed by atoms with E-state index in [1.54, 1.807) is 18.5 Å². The fourth-order valence-corrected chi connectivity index (χ4v) is 2.50. The Bertz CT molecular complexity index is 403. The Hall–Kier alpha value is -0.860. The maximum Gasteiger partial charge on any atom is 0.102 e. The quantitative estimate of drug-likeness (QED) is 0.805. The normalized spacial score (nSPS) is 22.1. The molecule has 92 valence electrons. The van der Waals surface area contributed by atoms with Crippen molar-refractivity contribution in [3.63, 3.8) is 0 Å². The van der Waals surface area contributed by atoms with Gasteiger partial charge in [0, 0.05) is 18.0 Å². The lowest BCUT2D eigenvalue weighted by atomic mass is 9.93. The molecule has 1 aromatic rings. The van der Waals surface area contributed by atoms with Crippen LogP contribution in [0.25, 0.3) is 0 Å². The zero-order chi connectivity index (χ0) is 12.1. The van der Waals surface area contributed by atoms with E-state index in [1.165, 1.54) is 19.3 Å². The summed E-state index contributed by atoms with van der Waals surface area (Å²) in [6, 6.07) is 1.80. The molecule has 3 heteroatoms. The zero-order valence-corrected chi connectivity index (χ0v) is 10.7. The van der Waals surface area contributed by atoms with Gasteiger partial charge in [0.2, 0.25) is 0 Å². The van der Waals surface area contributed by atoms with Crippen LogP contribution in [0, 0.1) is 0 Å². The summed E-state index contributed by atoms with van der Waals surface area (Å²) in [5.74, 6) is 0. The number of halogens is 1. The lowest BCUT2D eigenvalue weighted by Gasteiger charge is -2.18. The molecule has 1 aromatic heterocycles. The first-order chi connectivity index (χ1) is 8.29. The van der Waals surface area contributed by atoms with E-state index in [1.807, 2.05) is 0 Å². The van der Waals surface area contributed by atoms with Gasteiger partial charge in [-0.3, -0.25) is 4.98 Å². The van der Waals surface area contributed by atoms with Gasteiger partial charge in [-0.15, -0.1) is 0 Å². The van der Waals surface area contributed by atoms with E-state index in [9.17, 15) is 5.11 Å². The summed E-state index contributed by atoms with van der Waals surface area (Å²) in [7, 11) is 0. The van der Waals surface area contributed by atoms with E-state index < -0.39 is 6.10 Å². The topological polar surface area (TPSA) is 33.1 Å². The highest BCUT2D eigenvalue weighted by Gasteiger charge is 2.16. The highest BCUT2D eigenvalue weighted by atomic mass is 35.5. The molecule has 1 N–H and O–H groups in total. The molecule has 0 saturated heterocycles. The molecule has 17 heavy (non-hydrogen) atoms. The van der Waals surface area contributed by atoms with Crippen LogP contribution in [0.1, 0.15) is 50.2 Å². The monoisotopic (exact) mass is 251 g/mol. The first kappa shape index (κ1) is 12.6. The molecule has 1 aliphatic carbocycles. The molecule has 0 amide bonds. The summed E-state index contributed by atoms with van der Waals surface area (Å²) in [4.78, 5) is 3.94. The van der Waals surface area contributed by atoms with Crippen molar-refractivity contribution >= 4 is 11.6 Å². The largest absolute Gasteiger partial charge is 0.384 e. The standard InChI is InChI=1S/C14H18ClNO/c15-13-10-16-9-8-12(13)14(17)11-6-4-2-1-3-5-7-11/h6,8-10,14,17H,1-5,7H2/b11-6+. The molecule has 1 aliphatic rings. The van der Waals surface area contributed by atoms with Crippen LogP contribution in [0.5, 0.6) is 0 Å². The Labute approximate surface area is 107 Å². The van der Waals surface area contributed by atoms with Gasteiger partial charge in [-0.25, -0.2) is 0 Å². The maximum atomic E-state index is 10.4. The minimum atomic E-state index is -0.566. The van der Waals surface area contributed by atoms with Crippen molar-refractivity contribution < 1.29 is 5.11 Å². The molecule has 0 fully saturated rings. The van der Waals surface area contributed by atoms with Gasteiger partial charge in [0.1, 0.15) is 6.10 Å². The van der Waals surface area contributed by atoms with E-state index in [0.29, 0.717) is 5.02 Å². The first-order valence-corrected chi connectivity index (χ1v) is 6.63. The number of aromatic nitrogens is 1. The van der Waals surface area contributed by atoms with Gasteiger partial charge < -0.3 is 5.11 Å². The number of nitrogens with zero attached hydrogens (tertiary/aromatic N) is 1. The summed E-state index contributed by atoms with van der Waals surface area (Å²) in [6.07, 6.45) is 11.9. The molecular formula is C14H18ClNO. The Morgan fingerprint density at radius 2 is 2.06 bits per heavy atom. The van der Waals surface area contributed by atoms with E-state index in [-0.39, 0.29) is 0 Å². The Morgan fingerprint density at radius 1 is 1.24 bits per heavy atom. The molecule has 1 heterocycles. The lowest BCUT2D eigenvalue weighted by molar-refractivity contribution is 0.209. The first-order valence-electron chi connectivity index (χ1n) is 6.25. The van der Waals surface area contributed by atoms with Crippen molar-refractivity contribution in [2.75, 3.05) is 0 Å². The van der Waals surface area contributed by atoms with Crippen LogP contribution in [0.15, 0.2) is 30.1 Å². The van der Waals surface area contributed by atoms with Crippen molar-refractivity contribution in [2.45, 2.75) is 44.6 Å². The van der Waals surface area contributed by atoms with Gasteiger partial charge in [-0.1, -0.05) is 30.5 Å². The van der Waals surface area contributed by atoms with Crippen LogP contribution in [-0.2, 0) is 0 Å². The highest BCUT2D eigenvalue weighted by Crippen LogP contribution is 2.31. The molecule has 0 radical (unpaired) electrons. The number of allylic oxidation sites excluding steroid dienone is 1. The number of pyridine rings is 1. The van der Waals surface area contributed by atoms with Crippen molar-refractivity contribution in [2.24, 2.45) is 0 Å². The second-order valence-corrected chi connectivity index (χ2v) is 4.94. The summed E-state index contributed by atoms with van der Waals surface area (Å²) >= 11 is 6.06. The Morgan fingerprint density at radius 3 is 2.88 bits per heavy atom. The smallest absolute Gasteiger partial charge is 0.102 e. The molecule has 0 spiro atoms. The minimum Gasteiger partial charge on any atom is -0.384 e. The van der Waals surface area contributed by atoms with Crippen LogP contribution < -0.4 is 0 Å². The second-order valence-electron chi connectivity index (χ2n) is 4.53. The van der Waals surface area contributed by atoms with Crippen LogP contribution in [0.4, 0.5) is 0 Å². The molecule has 2 rings (SSSR count). The number of hydrogen-bond acceptors (Lipinski definition) is 2. The van der Waals surface area contributed by atoms with Crippen molar-refractivity contribution in [3.8, 4) is 0 Å². The molecule has 0 aromatic carbocycles. The van der Waals surface area contributed by atoms with Crippen LogP contribution in [0.3, 0.4) is 0 Å². The van der Waals surface area contributed by atoms with Gasteiger partial charge in [0.05, 0.1) is 5.02 Å². The average Bonchev–Trinajstić information content (AvgIpc) is 2.28. The molecule has 0 bridgehead atoms. The SMILES string of the molecule is OC(/C1=C/CCCCCC1)c1ccncc1Cl. The average molecular weight is 252 g/mol. The molecule has 1 atom stereocenters. The fraction of sp³-hybridized carbons (Fsp3) is 0.500. The predicted molar refractivity (Wildman–Crippen MR) is 70.0 cm³/mol. The third kappa shape index (κ3) is 3.30. The van der Waals surface area contributed by atoms with Crippen molar-refractivity contribution in [1.29, 1.82) is 0 Å². The van der Waals surface area contributed by atoms with Crippen molar-refractivity contribution in [1.82, 2.24) is 4.98 Å². The Kier molecular flexibility index (Phi) is 4.57. The number of rotatable bonds is 2. The maximum absolute atomic E-state index is 10.4. The van der Waals surface area contributed by atoms with E-state index >= 15 is 0 Å². The summed E-state index contributed by atoms with van der Waals surface area (Å²) in [6.45, 7) is 0. The highest BCUT2D eigenvalue weighted by molar-refractivity contribution is 6.31. The van der Waals surface area contributed by atoms with Gasteiger partial charge >= 0.3 is 0 Å². The number of aliphatic hydroxyl groups is 1. The minimum absolute atomic E-state index is 0.544. The molecule has 1 unspecified atom stereocenters. The summed E-state index contributed by atoms with van der Waals surface area (Å²) in [5.41, 5.74) is 1.88. The number of aliphatic hydroxyl groups excluding tert-OH is 1. The van der Waals surface area contributed by atoms with E-state index in [2.05, 4.69) is 11.1 Å². The van der Waals surface area contributed by atoms with Crippen LogP contribution >= 0.6 is 11.6 Å². The van der Waals surface area contributed by atoms with Gasteiger partial charge in [-0.05, 0) is 37.3 Å². The molecular weight excluding hydrogens is 234 g/mol. The fourth-order valence-electron chi connectivity index (χ4n) is 2.27. The Balaban J connectivity index is 2.18. The third-order valence-electron chi connectivity index (χ3n) is 3.28. The van der Waals surface area contributed by atoms with Gasteiger partial charge in [0.25, 0.3) is 0 Å². The lowest BCUT2D eigenvalue weighted by Crippen LogP contribution is -2.04. The zero-order valence-electron chi connectivity index (χ0n) is 9.90. The molecule has 0 saturated carbocycles. The summed E-state index contributed by atoms with van der Waals surface area (Å²) < 4.78 is 0. The van der Waals surface area contributed by atoms with Crippen LogP contribution in [0.2, 0.25) is 5.02 Å². The molecule has 2 nitrogen and oxygen atoms in total. The second kappa shape index (κ2) is 6.18. The van der Waals surface area contributed by atoms with Gasteiger partial charge in [-0.2, -0.15) is 0 Å². The van der Waals surface area contributed by atoms with E-state index in [0.717, 1.165) is 30.4 Å². The number of hydrogen-bond donors (Lipinski definition) is 1. The third-order valence-corrected chi connectivity index (χ3v) is 3.59. The summed E-state index contributed by atoms with van der Waals surface area (Å²) in [5, 5.41) is 10.9. The molecule has 0 aliphatic heterocycles. The predicted octanol–water partition coefficient (Wildman–Crippen LogP) is 4.05. The van der Waals surface area contributed by atoms with Crippen LogP contribution in [-0.4, -0.2) is 10.1 Å². The van der Waals surface area contributed by atoms with E-state index in [4.69, 9.17) is 11.6 Å².